The predicted octanol–water partition coefficient (Wildman–Crippen LogP) is 5.11. The highest BCUT2D eigenvalue weighted by Crippen LogP contribution is 2.35. The van der Waals surface area contributed by atoms with Crippen molar-refractivity contribution in [2.24, 2.45) is 0 Å². The third-order valence-corrected chi connectivity index (χ3v) is 6.21. The van der Waals surface area contributed by atoms with Gasteiger partial charge in [-0.25, -0.2) is 4.79 Å². The number of hydrogen-bond acceptors (Lipinski definition) is 3. The smallest absolute Gasteiger partial charge is 0.319 e. The molecule has 2 aromatic rings. The van der Waals surface area contributed by atoms with Crippen LogP contribution in [0.2, 0.25) is 0 Å². The standard InChI is InChI=1S/C23H31N3O2/c1-16(2)17-8-10-18(11-9-17)24-23(27)25-19-13-20-5-3-6-21(14-19)26(20)15-22-7-4-12-28-22/h4,7-12,16,19-21H,3,5-6,13-15H2,1-2H3,(H2,24,25,27)/t20-,21-/m1/s1. The number of furan rings is 1. The molecule has 2 bridgehead atoms. The Kier molecular flexibility index (Phi) is 5.72. The third-order valence-electron chi connectivity index (χ3n) is 6.21. The topological polar surface area (TPSA) is 57.5 Å². The van der Waals surface area contributed by atoms with E-state index in [1.54, 1.807) is 6.26 Å². The molecule has 2 aliphatic rings. The zero-order valence-electron chi connectivity index (χ0n) is 16.9. The quantitative estimate of drug-likeness (QED) is 0.757. The van der Waals surface area contributed by atoms with Gasteiger partial charge in [-0.2, -0.15) is 0 Å². The molecule has 2 N–H and O–H groups in total. The van der Waals surface area contributed by atoms with Crippen molar-refractivity contribution in [3.63, 3.8) is 0 Å². The molecule has 0 spiro atoms. The Labute approximate surface area is 167 Å². The van der Waals surface area contributed by atoms with Crippen LogP contribution in [0.3, 0.4) is 0 Å². The summed E-state index contributed by atoms with van der Waals surface area (Å²) in [6, 6.07) is 13.3. The van der Waals surface area contributed by atoms with Crippen LogP contribution in [0.4, 0.5) is 10.5 Å². The Balaban J connectivity index is 1.32. The summed E-state index contributed by atoms with van der Waals surface area (Å²) >= 11 is 0. The number of amides is 2. The SMILES string of the molecule is CC(C)c1ccc(NC(=O)NC2C[C@H]3CCC[C@H](C2)N3Cc2ccco2)cc1. The minimum absolute atomic E-state index is 0.0974. The molecule has 28 heavy (non-hydrogen) atoms. The second-order valence-electron chi connectivity index (χ2n) is 8.53. The van der Waals surface area contributed by atoms with Crippen molar-refractivity contribution < 1.29 is 9.21 Å². The van der Waals surface area contributed by atoms with E-state index < -0.39 is 0 Å². The first-order valence-corrected chi connectivity index (χ1v) is 10.5. The molecular weight excluding hydrogens is 350 g/mol. The van der Waals surface area contributed by atoms with Crippen LogP contribution in [0, 0.1) is 0 Å². The molecule has 2 atom stereocenters. The number of nitrogens with zero attached hydrogens (tertiary/aromatic N) is 1. The van der Waals surface area contributed by atoms with Gasteiger partial charge in [-0.1, -0.05) is 32.4 Å². The lowest BCUT2D eigenvalue weighted by atomic mass is 9.81. The van der Waals surface area contributed by atoms with Crippen LogP contribution >= 0.6 is 0 Å². The van der Waals surface area contributed by atoms with Gasteiger partial charge in [0.15, 0.2) is 0 Å². The lowest BCUT2D eigenvalue weighted by molar-refractivity contribution is 0.0150. The molecule has 1 aromatic carbocycles. The number of carbonyl (C=O) groups is 1. The van der Waals surface area contributed by atoms with Gasteiger partial charge >= 0.3 is 6.03 Å². The van der Waals surface area contributed by atoms with Crippen LogP contribution < -0.4 is 10.6 Å². The first-order chi connectivity index (χ1) is 13.6. The number of nitrogens with one attached hydrogen (secondary N) is 2. The van der Waals surface area contributed by atoms with E-state index in [0.717, 1.165) is 30.8 Å². The molecule has 0 saturated carbocycles. The Hall–Kier alpha value is -2.27. The maximum atomic E-state index is 12.5. The van der Waals surface area contributed by atoms with Gasteiger partial charge in [0.1, 0.15) is 5.76 Å². The van der Waals surface area contributed by atoms with E-state index in [9.17, 15) is 4.79 Å². The molecule has 2 saturated heterocycles. The summed E-state index contributed by atoms with van der Waals surface area (Å²) in [6.07, 6.45) is 7.46. The molecular formula is C23H31N3O2. The molecule has 150 valence electrons. The fourth-order valence-electron chi connectivity index (χ4n) is 4.74. The zero-order valence-corrected chi connectivity index (χ0v) is 16.9. The zero-order chi connectivity index (χ0) is 19.5. The van der Waals surface area contributed by atoms with E-state index in [1.807, 2.05) is 18.2 Å². The number of benzene rings is 1. The van der Waals surface area contributed by atoms with Crippen molar-refractivity contribution in [1.29, 1.82) is 0 Å². The van der Waals surface area contributed by atoms with E-state index >= 15 is 0 Å². The van der Waals surface area contributed by atoms with Gasteiger partial charge in [-0.15, -0.1) is 0 Å². The van der Waals surface area contributed by atoms with Gasteiger partial charge in [0.25, 0.3) is 0 Å². The van der Waals surface area contributed by atoms with Gasteiger partial charge in [0.05, 0.1) is 12.8 Å². The number of anilines is 1. The molecule has 1 aromatic heterocycles. The molecule has 0 radical (unpaired) electrons. The summed E-state index contributed by atoms with van der Waals surface area (Å²) in [4.78, 5) is 15.1. The summed E-state index contributed by atoms with van der Waals surface area (Å²) in [6.45, 7) is 5.22. The van der Waals surface area contributed by atoms with Gasteiger partial charge in [0.2, 0.25) is 0 Å². The van der Waals surface area contributed by atoms with Crippen LogP contribution in [0.1, 0.15) is 63.2 Å². The summed E-state index contributed by atoms with van der Waals surface area (Å²) < 4.78 is 5.56. The van der Waals surface area contributed by atoms with E-state index in [2.05, 4.69) is 47.6 Å². The maximum absolute atomic E-state index is 12.5. The molecule has 2 fully saturated rings. The maximum Gasteiger partial charge on any atom is 0.319 e. The predicted molar refractivity (Wildman–Crippen MR) is 111 cm³/mol. The van der Waals surface area contributed by atoms with Crippen LogP contribution in [0.5, 0.6) is 0 Å². The largest absolute Gasteiger partial charge is 0.468 e. The van der Waals surface area contributed by atoms with Gasteiger partial charge in [-0.3, -0.25) is 4.90 Å². The molecule has 2 aliphatic heterocycles. The van der Waals surface area contributed by atoms with Crippen molar-refractivity contribution in [3.05, 3.63) is 54.0 Å². The molecule has 3 heterocycles. The van der Waals surface area contributed by atoms with Crippen molar-refractivity contribution >= 4 is 11.7 Å². The van der Waals surface area contributed by atoms with Gasteiger partial charge in [0, 0.05) is 23.8 Å². The number of carbonyl (C=O) groups excluding carboxylic acids is 1. The molecule has 4 rings (SSSR count). The Morgan fingerprint density at radius 3 is 2.46 bits per heavy atom. The molecule has 5 heteroatoms. The average Bonchev–Trinajstić information content (AvgIpc) is 3.16. The number of piperidine rings is 2. The highest BCUT2D eigenvalue weighted by molar-refractivity contribution is 5.89. The number of hydrogen-bond donors (Lipinski definition) is 2. The average molecular weight is 382 g/mol. The number of urea groups is 1. The molecule has 5 nitrogen and oxygen atoms in total. The summed E-state index contributed by atoms with van der Waals surface area (Å²) in [5.41, 5.74) is 2.13. The van der Waals surface area contributed by atoms with E-state index in [0.29, 0.717) is 18.0 Å². The van der Waals surface area contributed by atoms with Gasteiger partial charge in [-0.05, 0) is 61.4 Å². The fraction of sp³-hybridized carbons (Fsp3) is 0.522. The van der Waals surface area contributed by atoms with E-state index in [-0.39, 0.29) is 12.1 Å². The second-order valence-corrected chi connectivity index (χ2v) is 8.53. The second kappa shape index (κ2) is 8.39. The number of fused-ring (bicyclic) bond motifs is 2. The van der Waals surface area contributed by atoms with Crippen LogP contribution in [0.15, 0.2) is 47.1 Å². The summed E-state index contributed by atoms with van der Waals surface area (Å²) in [7, 11) is 0. The summed E-state index contributed by atoms with van der Waals surface area (Å²) in [5.74, 6) is 1.53. The monoisotopic (exact) mass is 381 g/mol. The molecule has 2 amide bonds. The third kappa shape index (κ3) is 4.41. The van der Waals surface area contributed by atoms with Crippen molar-refractivity contribution in [2.75, 3.05) is 5.32 Å². The normalized spacial score (nSPS) is 24.9. The van der Waals surface area contributed by atoms with Crippen LogP contribution in [-0.2, 0) is 6.54 Å². The lowest BCUT2D eigenvalue weighted by Crippen LogP contribution is -2.56. The Morgan fingerprint density at radius 1 is 1.14 bits per heavy atom. The Morgan fingerprint density at radius 2 is 1.86 bits per heavy atom. The van der Waals surface area contributed by atoms with E-state index in [1.165, 1.54) is 24.8 Å². The Bertz CT molecular complexity index is 756. The first-order valence-electron chi connectivity index (χ1n) is 10.5. The molecule has 0 aliphatic carbocycles. The highest BCUT2D eigenvalue weighted by atomic mass is 16.3. The highest BCUT2D eigenvalue weighted by Gasteiger charge is 2.38. The first kappa shape index (κ1) is 19.1. The van der Waals surface area contributed by atoms with Crippen molar-refractivity contribution in [3.8, 4) is 0 Å². The van der Waals surface area contributed by atoms with Crippen LogP contribution in [0.25, 0.3) is 0 Å². The van der Waals surface area contributed by atoms with Crippen LogP contribution in [-0.4, -0.2) is 29.1 Å². The summed E-state index contributed by atoms with van der Waals surface area (Å²) in [5, 5.41) is 6.20. The number of rotatable bonds is 5. The van der Waals surface area contributed by atoms with E-state index in [4.69, 9.17) is 4.42 Å². The minimum Gasteiger partial charge on any atom is -0.468 e. The lowest BCUT2D eigenvalue weighted by Gasteiger charge is -2.48. The van der Waals surface area contributed by atoms with Crippen molar-refractivity contribution in [2.45, 2.75) is 76.5 Å². The van der Waals surface area contributed by atoms with Crippen molar-refractivity contribution in [1.82, 2.24) is 10.2 Å². The minimum atomic E-state index is -0.0974. The fourth-order valence-corrected chi connectivity index (χ4v) is 4.74. The molecule has 0 unspecified atom stereocenters. The van der Waals surface area contributed by atoms with Gasteiger partial charge < -0.3 is 15.1 Å².